The van der Waals surface area contributed by atoms with Crippen LogP contribution in [0.3, 0.4) is 0 Å². The molecule has 1 aromatic rings. The second-order valence-electron chi connectivity index (χ2n) is 5.65. The summed E-state index contributed by atoms with van der Waals surface area (Å²) in [6.07, 6.45) is 9.09. The molecule has 0 saturated heterocycles. The lowest BCUT2D eigenvalue weighted by Gasteiger charge is -2.17. The highest BCUT2D eigenvalue weighted by Crippen LogP contribution is 2.22. The highest BCUT2D eigenvalue weighted by atomic mass is 15.1. The number of rotatable bonds is 9. The molecule has 0 bridgehead atoms. The smallest absolute Gasteiger partial charge is 0.0364 e. The van der Waals surface area contributed by atoms with E-state index in [4.69, 9.17) is 5.73 Å². The number of nitrogens with zero attached hydrogens (tertiary/aromatic N) is 1. The van der Waals surface area contributed by atoms with Crippen molar-refractivity contribution in [2.45, 2.75) is 57.9 Å². The standard InChI is InChI=1S/C17H30N2/c1-4-5-6-7-8-9-13-17(18)15-11-10-12-16(14-15)19(2)3/h10-12,14,17H,4-9,13,18H2,1-3H3. The zero-order valence-electron chi connectivity index (χ0n) is 12.9. The molecule has 0 aliphatic carbocycles. The summed E-state index contributed by atoms with van der Waals surface area (Å²) in [6.45, 7) is 2.26. The average molecular weight is 262 g/mol. The van der Waals surface area contributed by atoms with E-state index in [1.165, 1.54) is 49.8 Å². The highest BCUT2D eigenvalue weighted by molar-refractivity contribution is 5.47. The van der Waals surface area contributed by atoms with E-state index in [0.29, 0.717) is 0 Å². The molecule has 2 nitrogen and oxygen atoms in total. The molecule has 2 heteroatoms. The van der Waals surface area contributed by atoms with Crippen LogP contribution in [0.15, 0.2) is 24.3 Å². The second kappa shape index (κ2) is 8.98. The largest absolute Gasteiger partial charge is 0.378 e. The van der Waals surface area contributed by atoms with Gasteiger partial charge in [0.2, 0.25) is 0 Å². The molecule has 0 aliphatic heterocycles. The van der Waals surface area contributed by atoms with Crippen LogP contribution in [0.5, 0.6) is 0 Å². The molecule has 19 heavy (non-hydrogen) atoms. The summed E-state index contributed by atoms with van der Waals surface area (Å²) in [5.41, 5.74) is 8.78. The molecule has 0 aliphatic rings. The maximum absolute atomic E-state index is 6.29. The Morgan fingerprint density at radius 2 is 1.74 bits per heavy atom. The van der Waals surface area contributed by atoms with Crippen LogP contribution in [0.1, 0.15) is 63.5 Å². The Hall–Kier alpha value is -1.02. The molecular formula is C17H30N2. The first kappa shape index (κ1) is 16.0. The molecule has 0 aromatic heterocycles. The Morgan fingerprint density at radius 1 is 1.05 bits per heavy atom. The SMILES string of the molecule is CCCCCCCCC(N)c1cccc(N(C)C)c1. The van der Waals surface area contributed by atoms with E-state index in [1.807, 2.05) is 0 Å². The molecule has 108 valence electrons. The van der Waals surface area contributed by atoms with Crippen molar-refractivity contribution in [3.63, 3.8) is 0 Å². The number of anilines is 1. The van der Waals surface area contributed by atoms with Gasteiger partial charge in [-0.1, -0.05) is 57.6 Å². The molecule has 0 radical (unpaired) electrons. The first-order chi connectivity index (χ1) is 9.15. The van der Waals surface area contributed by atoms with Crippen molar-refractivity contribution in [3.05, 3.63) is 29.8 Å². The third-order valence-corrected chi connectivity index (χ3v) is 3.68. The minimum Gasteiger partial charge on any atom is -0.378 e. The number of benzene rings is 1. The van der Waals surface area contributed by atoms with E-state index in [-0.39, 0.29) is 6.04 Å². The average Bonchev–Trinajstić information content (AvgIpc) is 2.42. The van der Waals surface area contributed by atoms with Gasteiger partial charge in [0, 0.05) is 25.8 Å². The number of unbranched alkanes of at least 4 members (excludes halogenated alkanes) is 5. The summed E-state index contributed by atoms with van der Waals surface area (Å²) in [7, 11) is 4.14. The molecule has 1 aromatic carbocycles. The molecule has 0 heterocycles. The van der Waals surface area contributed by atoms with Crippen molar-refractivity contribution < 1.29 is 0 Å². The maximum atomic E-state index is 6.29. The molecule has 1 atom stereocenters. The van der Waals surface area contributed by atoms with Crippen molar-refractivity contribution in [2.75, 3.05) is 19.0 Å². The normalized spacial score (nSPS) is 12.4. The lowest BCUT2D eigenvalue weighted by molar-refractivity contribution is 0.547. The molecule has 0 saturated carbocycles. The van der Waals surface area contributed by atoms with E-state index in [2.05, 4.69) is 50.2 Å². The van der Waals surface area contributed by atoms with Crippen molar-refractivity contribution in [1.82, 2.24) is 0 Å². The van der Waals surface area contributed by atoms with E-state index in [1.54, 1.807) is 0 Å². The molecular weight excluding hydrogens is 232 g/mol. The lowest BCUT2D eigenvalue weighted by Crippen LogP contribution is -2.13. The van der Waals surface area contributed by atoms with E-state index in [9.17, 15) is 0 Å². The Balaban J connectivity index is 2.32. The fourth-order valence-electron chi connectivity index (χ4n) is 2.34. The van der Waals surface area contributed by atoms with Crippen LogP contribution in [-0.2, 0) is 0 Å². The minimum atomic E-state index is 0.186. The van der Waals surface area contributed by atoms with Crippen molar-refractivity contribution in [3.8, 4) is 0 Å². The first-order valence-electron chi connectivity index (χ1n) is 7.68. The van der Waals surface area contributed by atoms with Gasteiger partial charge in [-0.3, -0.25) is 0 Å². The monoisotopic (exact) mass is 262 g/mol. The molecule has 2 N–H and O–H groups in total. The van der Waals surface area contributed by atoms with Gasteiger partial charge in [-0.05, 0) is 24.1 Å². The Bertz CT molecular complexity index is 347. The lowest BCUT2D eigenvalue weighted by atomic mass is 10.00. The molecule has 0 fully saturated rings. The van der Waals surface area contributed by atoms with Gasteiger partial charge in [-0.15, -0.1) is 0 Å². The highest BCUT2D eigenvalue weighted by Gasteiger charge is 2.07. The summed E-state index contributed by atoms with van der Waals surface area (Å²) in [5.74, 6) is 0. The first-order valence-corrected chi connectivity index (χ1v) is 7.68. The van der Waals surface area contributed by atoms with Gasteiger partial charge in [-0.2, -0.15) is 0 Å². The number of hydrogen-bond donors (Lipinski definition) is 1. The van der Waals surface area contributed by atoms with Crippen LogP contribution >= 0.6 is 0 Å². The van der Waals surface area contributed by atoms with Crippen molar-refractivity contribution >= 4 is 5.69 Å². The summed E-state index contributed by atoms with van der Waals surface area (Å²) >= 11 is 0. The molecule has 1 rings (SSSR count). The fraction of sp³-hybridized carbons (Fsp3) is 0.647. The van der Waals surface area contributed by atoms with Gasteiger partial charge in [0.05, 0.1) is 0 Å². The quantitative estimate of drug-likeness (QED) is 0.664. The maximum Gasteiger partial charge on any atom is 0.0364 e. The van der Waals surface area contributed by atoms with E-state index in [0.717, 1.165) is 6.42 Å². The van der Waals surface area contributed by atoms with Crippen molar-refractivity contribution in [2.24, 2.45) is 5.73 Å². The summed E-state index contributed by atoms with van der Waals surface area (Å²) < 4.78 is 0. The van der Waals surface area contributed by atoms with Crippen LogP contribution < -0.4 is 10.6 Å². The summed E-state index contributed by atoms with van der Waals surface area (Å²) in [4.78, 5) is 2.13. The third-order valence-electron chi connectivity index (χ3n) is 3.68. The summed E-state index contributed by atoms with van der Waals surface area (Å²) in [5, 5.41) is 0. The van der Waals surface area contributed by atoms with Gasteiger partial charge in [-0.25, -0.2) is 0 Å². The van der Waals surface area contributed by atoms with Gasteiger partial charge in [0.1, 0.15) is 0 Å². The molecule has 0 spiro atoms. The Labute approximate surface area is 119 Å². The fourth-order valence-corrected chi connectivity index (χ4v) is 2.34. The van der Waals surface area contributed by atoms with Crippen molar-refractivity contribution in [1.29, 1.82) is 0 Å². The van der Waals surface area contributed by atoms with Gasteiger partial charge < -0.3 is 10.6 Å². The molecule has 0 amide bonds. The third kappa shape index (κ3) is 6.11. The predicted molar refractivity (Wildman–Crippen MR) is 85.7 cm³/mol. The second-order valence-corrected chi connectivity index (χ2v) is 5.65. The van der Waals surface area contributed by atoms with Crippen LogP contribution in [-0.4, -0.2) is 14.1 Å². The zero-order valence-corrected chi connectivity index (χ0v) is 12.9. The summed E-state index contributed by atoms with van der Waals surface area (Å²) in [6, 6.07) is 8.77. The predicted octanol–water partition coefficient (Wildman–Crippen LogP) is 4.50. The van der Waals surface area contributed by atoms with Crippen LogP contribution in [0.25, 0.3) is 0 Å². The van der Waals surface area contributed by atoms with E-state index < -0.39 is 0 Å². The number of hydrogen-bond acceptors (Lipinski definition) is 2. The Morgan fingerprint density at radius 3 is 2.42 bits per heavy atom. The van der Waals surface area contributed by atoms with E-state index >= 15 is 0 Å². The van der Waals surface area contributed by atoms with Crippen LogP contribution in [0, 0.1) is 0 Å². The van der Waals surface area contributed by atoms with Gasteiger partial charge >= 0.3 is 0 Å². The zero-order chi connectivity index (χ0) is 14.1. The van der Waals surface area contributed by atoms with Crippen LogP contribution in [0.4, 0.5) is 5.69 Å². The minimum absolute atomic E-state index is 0.186. The topological polar surface area (TPSA) is 29.3 Å². The Kier molecular flexibility index (Phi) is 7.57. The molecule has 1 unspecified atom stereocenters. The van der Waals surface area contributed by atoms with Gasteiger partial charge in [0.25, 0.3) is 0 Å². The van der Waals surface area contributed by atoms with Gasteiger partial charge in [0.15, 0.2) is 0 Å². The number of nitrogens with two attached hydrogens (primary N) is 1. The van der Waals surface area contributed by atoms with Crippen LogP contribution in [0.2, 0.25) is 0 Å².